The topological polar surface area (TPSA) is 37.4 Å². The Balaban J connectivity index is 2.09. The third-order valence-electron chi connectivity index (χ3n) is 3.47. The molecule has 1 aromatic heterocycles. The van der Waals surface area contributed by atoms with Gasteiger partial charge in [-0.1, -0.05) is 6.92 Å². The van der Waals surface area contributed by atoms with Gasteiger partial charge in [-0.15, -0.1) is 11.3 Å². The summed E-state index contributed by atoms with van der Waals surface area (Å²) in [7, 11) is 1.79. The first-order valence-corrected chi connectivity index (χ1v) is 7.45. The van der Waals surface area contributed by atoms with Crippen molar-refractivity contribution in [2.75, 3.05) is 31.6 Å². The minimum absolute atomic E-state index is 0.365. The summed E-state index contributed by atoms with van der Waals surface area (Å²) in [4.78, 5) is 8.41. The molecule has 102 valence electrons. The van der Waals surface area contributed by atoms with E-state index in [0.29, 0.717) is 12.1 Å². The quantitative estimate of drug-likeness (QED) is 0.890. The number of ether oxygens (including phenoxy) is 1. The fraction of sp³-hybridized carbons (Fsp3) is 0.769. The predicted molar refractivity (Wildman–Crippen MR) is 76.6 cm³/mol. The highest BCUT2D eigenvalue weighted by atomic mass is 32.1. The Morgan fingerprint density at radius 1 is 1.61 bits per heavy atom. The summed E-state index contributed by atoms with van der Waals surface area (Å²) in [6, 6.07) is 0.391. The first-order chi connectivity index (χ1) is 8.65. The molecule has 0 amide bonds. The maximum atomic E-state index is 5.41. The highest BCUT2D eigenvalue weighted by molar-refractivity contribution is 7.15. The normalized spacial score (nSPS) is 21.6. The van der Waals surface area contributed by atoms with E-state index in [-0.39, 0.29) is 0 Å². The van der Waals surface area contributed by atoms with Crippen LogP contribution in [0.3, 0.4) is 0 Å². The maximum Gasteiger partial charge on any atom is 0.185 e. The molecule has 1 aromatic rings. The predicted octanol–water partition coefficient (Wildman–Crippen LogP) is 2.35. The van der Waals surface area contributed by atoms with Gasteiger partial charge >= 0.3 is 0 Å². The molecule has 1 aliphatic heterocycles. The van der Waals surface area contributed by atoms with Crippen molar-refractivity contribution in [3.63, 3.8) is 0 Å². The van der Waals surface area contributed by atoms with Crippen molar-refractivity contribution in [3.8, 4) is 0 Å². The SMILES string of the molecule is CCNC(C)c1sc(N2CCC(OC)C2)nc1C. The van der Waals surface area contributed by atoms with Gasteiger partial charge in [-0.3, -0.25) is 0 Å². The molecule has 18 heavy (non-hydrogen) atoms. The highest BCUT2D eigenvalue weighted by Gasteiger charge is 2.25. The molecule has 0 saturated carbocycles. The standard InChI is InChI=1S/C13H23N3OS/c1-5-14-9(2)12-10(3)15-13(18-12)16-7-6-11(8-16)17-4/h9,11,14H,5-8H2,1-4H3. The average molecular weight is 269 g/mol. The fourth-order valence-corrected chi connectivity index (χ4v) is 3.55. The molecule has 0 aromatic carbocycles. The number of aromatic nitrogens is 1. The lowest BCUT2D eigenvalue weighted by molar-refractivity contribution is 0.121. The minimum Gasteiger partial charge on any atom is -0.380 e. The van der Waals surface area contributed by atoms with Crippen molar-refractivity contribution >= 4 is 16.5 Å². The van der Waals surface area contributed by atoms with E-state index in [2.05, 4.69) is 31.0 Å². The Morgan fingerprint density at radius 3 is 3.00 bits per heavy atom. The number of methoxy groups -OCH3 is 1. The molecule has 1 aliphatic rings. The van der Waals surface area contributed by atoms with E-state index < -0.39 is 0 Å². The van der Waals surface area contributed by atoms with Gasteiger partial charge in [0.05, 0.1) is 11.8 Å². The molecule has 0 bridgehead atoms. The number of hydrogen-bond acceptors (Lipinski definition) is 5. The van der Waals surface area contributed by atoms with Gasteiger partial charge in [0.25, 0.3) is 0 Å². The molecule has 4 nitrogen and oxygen atoms in total. The average Bonchev–Trinajstić information content (AvgIpc) is 2.95. The van der Waals surface area contributed by atoms with Crippen LogP contribution in [0.25, 0.3) is 0 Å². The number of rotatable bonds is 5. The van der Waals surface area contributed by atoms with Crippen molar-refractivity contribution in [1.29, 1.82) is 0 Å². The third kappa shape index (κ3) is 2.84. The van der Waals surface area contributed by atoms with Crippen molar-refractivity contribution in [2.24, 2.45) is 0 Å². The number of hydrogen-bond donors (Lipinski definition) is 1. The van der Waals surface area contributed by atoms with Crippen LogP contribution in [0.1, 0.15) is 36.9 Å². The molecule has 2 heterocycles. The van der Waals surface area contributed by atoms with Crippen molar-refractivity contribution < 1.29 is 4.74 Å². The van der Waals surface area contributed by atoms with Gasteiger partial charge in [0.2, 0.25) is 0 Å². The van der Waals surface area contributed by atoms with Gasteiger partial charge < -0.3 is 15.0 Å². The number of nitrogens with one attached hydrogen (secondary N) is 1. The van der Waals surface area contributed by atoms with Crippen LogP contribution in [0.2, 0.25) is 0 Å². The van der Waals surface area contributed by atoms with Gasteiger partial charge in [0.1, 0.15) is 0 Å². The van der Waals surface area contributed by atoms with E-state index in [9.17, 15) is 0 Å². The highest BCUT2D eigenvalue weighted by Crippen LogP contribution is 2.32. The molecule has 2 unspecified atom stereocenters. The Bertz CT molecular complexity index is 394. The molecule has 2 rings (SSSR count). The van der Waals surface area contributed by atoms with Crippen LogP contribution < -0.4 is 10.2 Å². The van der Waals surface area contributed by atoms with Crippen LogP contribution in [-0.4, -0.2) is 37.8 Å². The van der Waals surface area contributed by atoms with Crippen molar-refractivity contribution in [1.82, 2.24) is 10.3 Å². The number of nitrogens with zero attached hydrogens (tertiary/aromatic N) is 2. The van der Waals surface area contributed by atoms with E-state index >= 15 is 0 Å². The molecule has 0 radical (unpaired) electrons. The summed E-state index contributed by atoms with van der Waals surface area (Å²) in [6.07, 6.45) is 1.47. The van der Waals surface area contributed by atoms with E-state index in [1.54, 1.807) is 7.11 Å². The minimum atomic E-state index is 0.365. The largest absolute Gasteiger partial charge is 0.380 e. The lowest BCUT2D eigenvalue weighted by Crippen LogP contribution is -2.21. The summed E-state index contributed by atoms with van der Waals surface area (Å²) >= 11 is 1.81. The molecule has 5 heteroatoms. The van der Waals surface area contributed by atoms with Crippen LogP contribution in [0, 0.1) is 6.92 Å². The van der Waals surface area contributed by atoms with Crippen LogP contribution in [0.15, 0.2) is 0 Å². The number of anilines is 1. The number of thiazole rings is 1. The second-order valence-electron chi connectivity index (χ2n) is 4.82. The van der Waals surface area contributed by atoms with Crippen LogP contribution >= 0.6 is 11.3 Å². The zero-order valence-electron chi connectivity index (χ0n) is 11.7. The summed E-state index contributed by atoms with van der Waals surface area (Å²) in [5.74, 6) is 0. The van der Waals surface area contributed by atoms with Gasteiger partial charge in [-0.05, 0) is 26.8 Å². The summed E-state index contributed by atoms with van der Waals surface area (Å²) < 4.78 is 5.41. The third-order valence-corrected chi connectivity index (χ3v) is 4.87. The smallest absolute Gasteiger partial charge is 0.185 e. The lowest BCUT2D eigenvalue weighted by Gasteiger charge is -2.14. The Kier molecular flexibility index (Phi) is 4.59. The van der Waals surface area contributed by atoms with Gasteiger partial charge in [-0.25, -0.2) is 4.98 Å². The van der Waals surface area contributed by atoms with E-state index in [1.807, 2.05) is 11.3 Å². The Labute approximate surface area is 113 Å². The molecule has 0 aliphatic carbocycles. The molecule has 0 spiro atoms. The molecule has 1 saturated heterocycles. The fourth-order valence-electron chi connectivity index (χ4n) is 2.42. The molecule has 2 atom stereocenters. The number of aryl methyl sites for hydroxylation is 1. The summed E-state index contributed by atoms with van der Waals surface area (Å²) in [5, 5.41) is 4.60. The first kappa shape index (κ1) is 13.8. The van der Waals surface area contributed by atoms with Gasteiger partial charge in [0, 0.05) is 31.1 Å². The monoisotopic (exact) mass is 269 g/mol. The lowest BCUT2D eigenvalue weighted by atomic mass is 10.2. The molecular formula is C13H23N3OS. The Hall–Kier alpha value is -0.650. The summed E-state index contributed by atoms with van der Waals surface area (Å²) in [6.45, 7) is 9.46. The van der Waals surface area contributed by atoms with Gasteiger partial charge in [0.15, 0.2) is 5.13 Å². The van der Waals surface area contributed by atoms with E-state index in [0.717, 1.165) is 36.9 Å². The maximum absolute atomic E-state index is 5.41. The molecule has 1 fully saturated rings. The van der Waals surface area contributed by atoms with Gasteiger partial charge in [-0.2, -0.15) is 0 Å². The molecule has 1 N–H and O–H groups in total. The van der Waals surface area contributed by atoms with Crippen LogP contribution in [0.5, 0.6) is 0 Å². The zero-order chi connectivity index (χ0) is 13.1. The first-order valence-electron chi connectivity index (χ1n) is 6.64. The van der Waals surface area contributed by atoms with Crippen LogP contribution in [-0.2, 0) is 4.74 Å². The van der Waals surface area contributed by atoms with E-state index in [4.69, 9.17) is 9.72 Å². The van der Waals surface area contributed by atoms with Crippen molar-refractivity contribution in [3.05, 3.63) is 10.6 Å². The summed E-state index contributed by atoms with van der Waals surface area (Å²) in [5.41, 5.74) is 1.16. The van der Waals surface area contributed by atoms with Crippen molar-refractivity contribution in [2.45, 2.75) is 39.3 Å². The zero-order valence-corrected chi connectivity index (χ0v) is 12.5. The van der Waals surface area contributed by atoms with E-state index in [1.165, 1.54) is 4.88 Å². The van der Waals surface area contributed by atoms with Crippen LogP contribution in [0.4, 0.5) is 5.13 Å². The Morgan fingerprint density at radius 2 is 2.39 bits per heavy atom. The molecular weight excluding hydrogens is 246 g/mol. The second kappa shape index (κ2) is 5.99. The second-order valence-corrected chi connectivity index (χ2v) is 5.83.